The molecule has 0 radical (unpaired) electrons. The molecule has 0 unspecified atom stereocenters. The molecule has 2 atom stereocenters. The first-order chi connectivity index (χ1) is 14.7. The van der Waals surface area contributed by atoms with Gasteiger partial charge in [0, 0.05) is 30.8 Å². The Bertz CT molecular complexity index is 958. The Morgan fingerprint density at radius 1 is 1.16 bits per heavy atom. The molecule has 9 nitrogen and oxygen atoms in total. The lowest BCUT2D eigenvalue weighted by Crippen LogP contribution is -2.52. The minimum atomic E-state index is -3.04. The lowest BCUT2D eigenvalue weighted by atomic mass is 9.94. The summed E-state index contributed by atoms with van der Waals surface area (Å²) in [6.07, 6.45) is 1.82. The summed E-state index contributed by atoms with van der Waals surface area (Å²) in [5.41, 5.74) is 0.674. The van der Waals surface area contributed by atoms with Crippen molar-refractivity contribution in [3.63, 3.8) is 0 Å². The first kappa shape index (κ1) is 21.9. The number of hydrogen-bond acceptors (Lipinski definition) is 7. The lowest BCUT2D eigenvalue weighted by Gasteiger charge is -2.37. The molecule has 0 aliphatic carbocycles. The van der Waals surface area contributed by atoms with Gasteiger partial charge in [0.1, 0.15) is 0 Å². The molecule has 2 amide bonds. The number of carbonyl (C=O) groups excluding carboxylic acids is 2. The van der Waals surface area contributed by atoms with E-state index in [2.05, 4.69) is 10.2 Å². The van der Waals surface area contributed by atoms with Crippen molar-refractivity contribution in [3.05, 3.63) is 18.2 Å². The van der Waals surface area contributed by atoms with Crippen molar-refractivity contribution >= 4 is 27.3 Å². The van der Waals surface area contributed by atoms with Crippen LogP contribution in [-0.2, 0) is 19.4 Å². The molecule has 3 aliphatic heterocycles. The molecule has 3 aliphatic rings. The number of benzene rings is 1. The van der Waals surface area contributed by atoms with Gasteiger partial charge in [-0.2, -0.15) is 0 Å². The second-order valence-electron chi connectivity index (χ2n) is 8.55. The molecule has 170 valence electrons. The van der Waals surface area contributed by atoms with Crippen LogP contribution in [0.2, 0.25) is 0 Å². The molecule has 0 bridgehead atoms. The number of likely N-dealkylation sites (tertiary alicyclic amines) is 1. The van der Waals surface area contributed by atoms with Crippen LogP contribution in [0, 0.1) is 5.92 Å². The predicted molar refractivity (Wildman–Crippen MR) is 115 cm³/mol. The molecule has 2 fully saturated rings. The van der Waals surface area contributed by atoms with Crippen LogP contribution in [0.15, 0.2) is 18.2 Å². The lowest BCUT2D eigenvalue weighted by molar-refractivity contribution is -0.137. The van der Waals surface area contributed by atoms with E-state index >= 15 is 0 Å². The average molecular weight is 452 g/mol. The number of rotatable bonds is 5. The summed E-state index contributed by atoms with van der Waals surface area (Å²) in [5.74, 6) is 1.26. The van der Waals surface area contributed by atoms with E-state index in [4.69, 9.17) is 9.47 Å². The van der Waals surface area contributed by atoms with Gasteiger partial charge in [0.15, 0.2) is 21.3 Å². The Morgan fingerprint density at radius 3 is 2.55 bits per heavy atom. The maximum Gasteiger partial charge on any atom is 0.239 e. The van der Waals surface area contributed by atoms with E-state index in [9.17, 15) is 18.0 Å². The summed E-state index contributed by atoms with van der Waals surface area (Å²) >= 11 is 0. The van der Waals surface area contributed by atoms with Gasteiger partial charge in [-0.15, -0.1) is 0 Å². The number of sulfone groups is 1. The molecule has 2 saturated heterocycles. The molecule has 3 heterocycles. The number of hydrogen-bond donors (Lipinski definition) is 1. The zero-order valence-corrected chi connectivity index (χ0v) is 18.7. The Morgan fingerprint density at radius 2 is 1.87 bits per heavy atom. The summed E-state index contributed by atoms with van der Waals surface area (Å²) in [6.45, 7) is 3.33. The first-order valence-corrected chi connectivity index (χ1v) is 12.5. The van der Waals surface area contributed by atoms with Crippen LogP contribution >= 0.6 is 0 Å². The standard InChI is InChI=1S/C21H29N3O6S/c1-14(21(26)23(2)17-7-10-31(27,28)12-17)24-8-5-15(6-9-24)20(25)22-16-3-4-18-19(11-16)30-13-29-18/h3-4,11,14-15,17H,5-10,12-13H2,1-2H3,(H,22,25)/t14-,17+/m1/s1. The van der Waals surface area contributed by atoms with Crippen molar-refractivity contribution in [3.8, 4) is 11.5 Å². The fourth-order valence-corrected chi connectivity index (χ4v) is 6.25. The van der Waals surface area contributed by atoms with Gasteiger partial charge < -0.3 is 19.7 Å². The Kier molecular flexibility index (Phi) is 6.11. The normalized spacial score (nSPS) is 24.0. The van der Waals surface area contributed by atoms with E-state index in [1.165, 1.54) is 0 Å². The molecule has 1 aromatic rings. The zero-order chi connectivity index (χ0) is 22.2. The van der Waals surface area contributed by atoms with Gasteiger partial charge in [0.05, 0.1) is 17.5 Å². The summed E-state index contributed by atoms with van der Waals surface area (Å²) in [4.78, 5) is 29.2. The highest BCUT2D eigenvalue weighted by atomic mass is 32.2. The second kappa shape index (κ2) is 8.66. The smallest absolute Gasteiger partial charge is 0.239 e. The molecular formula is C21H29N3O6S. The third-order valence-electron chi connectivity index (χ3n) is 6.55. The van der Waals surface area contributed by atoms with Crippen LogP contribution in [0.3, 0.4) is 0 Å². The van der Waals surface area contributed by atoms with Gasteiger partial charge >= 0.3 is 0 Å². The van der Waals surface area contributed by atoms with E-state index in [1.807, 2.05) is 6.92 Å². The van der Waals surface area contributed by atoms with E-state index < -0.39 is 9.84 Å². The van der Waals surface area contributed by atoms with Crippen LogP contribution in [-0.4, -0.2) is 80.6 Å². The molecule has 4 rings (SSSR count). The molecule has 31 heavy (non-hydrogen) atoms. The third-order valence-corrected chi connectivity index (χ3v) is 8.30. The molecule has 1 N–H and O–H groups in total. The monoisotopic (exact) mass is 451 g/mol. The van der Waals surface area contributed by atoms with Crippen molar-refractivity contribution in [1.82, 2.24) is 9.80 Å². The van der Waals surface area contributed by atoms with Crippen molar-refractivity contribution in [2.24, 2.45) is 5.92 Å². The topological polar surface area (TPSA) is 105 Å². The zero-order valence-electron chi connectivity index (χ0n) is 17.9. The van der Waals surface area contributed by atoms with Crippen LogP contribution in [0.4, 0.5) is 5.69 Å². The highest BCUT2D eigenvalue weighted by Gasteiger charge is 2.36. The van der Waals surface area contributed by atoms with Crippen molar-refractivity contribution in [2.75, 3.05) is 43.8 Å². The van der Waals surface area contributed by atoms with Gasteiger partial charge in [-0.3, -0.25) is 14.5 Å². The van der Waals surface area contributed by atoms with Gasteiger partial charge in [-0.1, -0.05) is 0 Å². The van der Waals surface area contributed by atoms with Crippen LogP contribution < -0.4 is 14.8 Å². The van der Waals surface area contributed by atoms with Gasteiger partial charge in [0.25, 0.3) is 0 Å². The van der Waals surface area contributed by atoms with Crippen LogP contribution in [0.25, 0.3) is 0 Å². The maximum absolute atomic E-state index is 12.9. The summed E-state index contributed by atoms with van der Waals surface area (Å²) in [7, 11) is -1.35. The summed E-state index contributed by atoms with van der Waals surface area (Å²) < 4.78 is 34.1. The summed E-state index contributed by atoms with van der Waals surface area (Å²) in [5, 5.41) is 2.95. The number of nitrogens with one attached hydrogen (secondary N) is 1. The molecule has 0 spiro atoms. The largest absolute Gasteiger partial charge is 0.454 e. The number of carbonyl (C=O) groups is 2. The van der Waals surface area contributed by atoms with Gasteiger partial charge in [-0.25, -0.2) is 8.42 Å². The minimum absolute atomic E-state index is 0.0363. The summed E-state index contributed by atoms with van der Waals surface area (Å²) in [6, 6.07) is 4.74. The quantitative estimate of drug-likeness (QED) is 0.715. The predicted octanol–water partition coefficient (Wildman–Crippen LogP) is 1.10. The number of ether oxygens (including phenoxy) is 2. The third kappa shape index (κ3) is 4.79. The molecular weight excluding hydrogens is 422 g/mol. The number of nitrogens with zero attached hydrogens (tertiary/aromatic N) is 2. The number of fused-ring (bicyclic) bond motifs is 1. The fourth-order valence-electron chi connectivity index (χ4n) is 4.48. The van der Waals surface area contributed by atoms with Crippen LogP contribution in [0.5, 0.6) is 11.5 Å². The number of anilines is 1. The second-order valence-corrected chi connectivity index (χ2v) is 10.8. The van der Waals surface area contributed by atoms with Crippen LogP contribution in [0.1, 0.15) is 26.2 Å². The first-order valence-electron chi connectivity index (χ1n) is 10.6. The van der Waals surface area contributed by atoms with E-state index in [0.717, 1.165) is 0 Å². The minimum Gasteiger partial charge on any atom is -0.454 e. The van der Waals surface area contributed by atoms with E-state index in [0.29, 0.717) is 49.5 Å². The number of likely N-dealkylation sites (N-methyl/N-ethyl adjacent to an activating group) is 1. The molecule has 1 aromatic carbocycles. The van der Waals surface area contributed by atoms with Crippen molar-refractivity contribution in [2.45, 2.75) is 38.3 Å². The van der Waals surface area contributed by atoms with Gasteiger partial charge in [0.2, 0.25) is 18.6 Å². The Balaban J connectivity index is 1.27. The Labute approximate surface area is 182 Å². The molecule has 0 saturated carbocycles. The molecule has 10 heteroatoms. The van der Waals surface area contributed by atoms with E-state index in [-0.39, 0.29) is 48.1 Å². The number of piperidine rings is 1. The van der Waals surface area contributed by atoms with Crippen molar-refractivity contribution < 1.29 is 27.5 Å². The van der Waals surface area contributed by atoms with E-state index in [1.54, 1.807) is 30.1 Å². The maximum atomic E-state index is 12.9. The SMILES string of the molecule is C[C@H](C(=O)N(C)[C@H]1CCS(=O)(=O)C1)N1CCC(C(=O)Nc2ccc3c(c2)OCO3)CC1. The fraction of sp³-hybridized carbons (Fsp3) is 0.619. The highest BCUT2D eigenvalue weighted by Crippen LogP contribution is 2.34. The van der Waals surface area contributed by atoms with Gasteiger partial charge in [-0.05, 0) is 51.4 Å². The average Bonchev–Trinajstić information content (AvgIpc) is 3.37. The molecule has 0 aromatic heterocycles. The Hall–Kier alpha value is -2.33. The van der Waals surface area contributed by atoms with Crippen molar-refractivity contribution in [1.29, 1.82) is 0 Å². The number of amides is 2. The highest BCUT2D eigenvalue weighted by molar-refractivity contribution is 7.91.